The number of carbonyl (C=O) groups excluding carboxylic acids is 1. The Kier molecular flexibility index (Phi) is 5.31. The lowest BCUT2D eigenvalue weighted by molar-refractivity contribution is -0.127. The predicted molar refractivity (Wildman–Crippen MR) is 77.0 cm³/mol. The molecule has 1 saturated carbocycles. The summed E-state index contributed by atoms with van der Waals surface area (Å²) in [5.74, 6) is -0.630. The van der Waals surface area contributed by atoms with Gasteiger partial charge >= 0.3 is 0 Å². The van der Waals surface area contributed by atoms with Gasteiger partial charge in [-0.1, -0.05) is 31.4 Å². The second-order valence-electron chi connectivity index (χ2n) is 5.83. The molecule has 0 aliphatic heterocycles. The molecule has 1 aromatic rings. The molecule has 0 aromatic heterocycles. The molecule has 2 rings (SSSR count). The fourth-order valence-corrected chi connectivity index (χ4v) is 2.76. The summed E-state index contributed by atoms with van der Waals surface area (Å²) in [6.45, 7) is 0.0561. The number of hydrogen-bond donors (Lipinski definition) is 3. The third-order valence-corrected chi connectivity index (χ3v) is 4.02. The van der Waals surface area contributed by atoms with Crippen molar-refractivity contribution in [2.45, 2.75) is 50.2 Å². The highest BCUT2D eigenvalue weighted by atomic mass is 19.1. The first-order valence-electron chi connectivity index (χ1n) is 7.41. The van der Waals surface area contributed by atoms with Crippen LogP contribution in [-0.4, -0.2) is 28.3 Å². The molecule has 0 radical (unpaired) electrons. The van der Waals surface area contributed by atoms with Crippen molar-refractivity contribution < 1.29 is 19.4 Å². The van der Waals surface area contributed by atoms with Crippen LogP contribution in [0.1, 0.15) is 50.2 Å². The normalized spacial score (nSPS) is 19.0. The lowest BCUT2D eigenvalue weighted by Gasteiger charge is -2.31. The van der Waals surface area contributed by atoms with Crippen molar-refractivity contribution in [3.63, 3.8) is 0 Å². The van der Waals surface area contributed by atoms with Crippen molar-refractivity contribution in [2.24, 2.45) is 0 Å². The minimum Gasteiger partial charge on any atom is -0.389 e. The molecular formula is C16H22FNO3. The summed E-state index contributed by atoms with van der Waals surface area (Å²) in [6, 6.07) is 5.51. The third kappa shape index (κ3) is 4.79. The molecule has 1 unspecified atom stereocenters. The highest BCUT2D eigenvalue weighted by molar-refractivity contribution is 5.77. The summed E-state index contributed by atoms with van der Waals surface area (Å²) < 4.78 is 12.8. The first kappa shape index (κ1) is 15.9. The van der Waals surface area contributed by atoms with Gasteiger partial charge in [0.25, 0.3) is 0 Å². The molecule has 0 heterocycles. The van der Waals surface area contributed by atoms with Crippen molar-refractivity contribution in [3.05, 3.63) is 35.6 Å². The summed E-state index contributed by atoms with van der Waals surface area (Å²) in [5, 5.41) is 22.8. The summed E-state index contributed by atoms with van der Waals surface area (Å²) in [6.07, 6.45) is 3.50. The summed E-state index contributed by atoms with van der Waals surface area (Å²) >= 11 is 0. The van der Waals surface area contributed by atoms with Crippen LogP contribution in [0.25, 0.3) is 0 Å². The quantitative estimate of drug-likeness (QED) is 0.779. The molecule has 0 spiro atoms. The number of rotatable bonds is 5. The maximum absolute atomic E-state index is 12.8. The number of amides is 1. The zero-order chi connectivity index (χ0) is 15.3. The van der Waals surface area contributed by atoms with E-state index in [1.807, 2.05) is 0 Å². The lowest BCUT2D eigenvalue weighted by Crippen LogP contribution is -2.39. The molecule has 1 atom stereocenters. The van der Waals surface area contributed by atoms with Gasteiger partial charge < -0.3 is 15.5 Å². The number of carbonyl (C=O) groups is 1. The van der Waals surface area contributed by atoms with Gasteiger partial charge in [0.15, 0.2) is 0 Å². The molecule has 116 valence electrons. The SMILES string of the molecule is O=C(CC1(O)CCCCC1)NCC(O)c1ccc(F)cc1. The van der Waals surface area contributed by atoms with Crippen LogP contribution in [-0.2, 0) is 4.79 Å². The van der Waals surface area contributed by atoms with E-state index in [0.717, 1.165) is 19.3 Å². The molecule has 3 N–H and O–H groups in total. The van der Waals surface area contributed by atoms with Gasteiger partial charge in [-0.05, 0) is 30.5 Å². The minimum absolute atomic E-state index is 0.0561. The fraction of sp³-hybridized carbons (Fsp3) is 0.562. The summed E-state index contributed by atoms with van der Waals surface area (Å²) in [4.78, 5) is 11.9. The number of hydrogen-bond acceptors (Lipinski definition) is 3. The zero-order valence-corrected chi connectivity index (χ0v) is 12.0. The van der Waals surface area contributed by atoms with Crippen molar-refractivity contribution in [2.75, 3.05) is 6.54 Å². The van der Waals surface area contributed by atoms with Crippen LogP contribution in [0.2, 0.25) is 0 Å². The molecule has 1 aliphatic rings. The summed E-state index contributed by atoms with van der Waals surface area (Å²) in [5.41, 5.74) is -0.350. The Morgan fingerprint density at radius 1 is 1.24 bits per heavy atom. The molecule has 4 nitrogen and oxygen atoms in total. The van der Waals surface area contributed by atoms with Gasteiger partial charge in [0.2, 0.25) is 5.91 Å². The van der Waals surface area contributed by atoms with E-state index in [1.54, 1.807) is 0 Å². The van der Waals surface area contributed by atoms with Crippen LogP contribution in [0.3, 0.4) is 0 Å². The van der Waals surface area contributed by atoms with Gasteiger partial charge in [-0.2, -0.15) is 0 Å². The van der Waals surface area contributed by atoms with Gasteiger partial charge in [0.1, 0.15) is 5.82 Å². The standard InChI is InChI=1S/C16H22FNO3/c17-13-6-4-12(5-7-13)14(19)11-18-15(20)10-16(21)8-2-1-3-9-16/h4-7,14,19,21H,1-3,8-11H2,(H,18,20). The Balaban J connectivity index is 1.79. The first-order valence-corrected chi connectivity index (χ1v) is 7.41. The smallest absolute Gasteiger partial charge is 0.222 e. The van der Waals surface area contributed by atoms with Crippen molar-refractivity contribution in [1.29, 1.82) is 0 Å². The average molecular weight is 295 g/mol. The largest absolute Gasteiger partial charge is 0.389 e. The molecule has 1 aliphatic carbocycles. The molecule has 1 fully saturated rings. The predicted octanol–water partition coefficient (Wildman–Crippen LogP) is 2.06. The second-order valence-corrected chi connectivity index (χ2v) is 5.83. The number of aliphatic hydroxyl groups is 2. The Bertz CT molecular complexity index is 469. The van der Waals surface area contributed by atoms with Crippen LogP contribution in [0.5, 0.6) is 0 Å². The van der Waals surface area contributed by atoms with E-state index in [0.29, 0.717) is 18.4 Å². The minimum atomic E-state index is -0.900. The van der Waals surface area contributed by atoms with Crippen LogP contribution in [0.15, 0.2) is 24.3 Å². The van der Waals surface area contributed by atoms with Gasteiger partial charge in [-0.25, -0.2) is 4.39 Å². The number of aliphatic hydroxyl groups excluding tert-OH is 1. The second kappa shape index (κ2) is 7.00. The fourth-order valence-electron chi connectivity index (χ4n) is 2.76. The molecule has 0 saturated heterocycles. The van der Waals surface area contributed by atoms with Crippen LogP contribution in [0, 0.1) is 5.82 Å². The van der Waals surface area contributed by atoms with E-state index in [1.165, 1.54) is 24.3 Å². The van der Waals surface area contributed by atoms with Crippen molar-refractivity contribution in [3.8, 4) is 0 Å². The Morgan fingerprint density at radius 2 is 1.86 bits per heavy atom. The van der Waals surface area contributed by atoms with E-state index in [4.69, 9.17) is 0 Å². The zero-order valence-electron chi connectivity index (χ0n) is 12.0. The average Bonchev–Trinajstić information content (AvgIpc) is 2.46. The molecule has 1 amide bonds. The Hall–Kier alpha value is -1.46. The van der Waals surface area contributed by atoms with E-state index >= 15 is 0 Å². The Morgan fingerprint density at radius 3 is 2.48 bits per heavy atom. The Labute approximate surface area is 124 Å². The van der Waals surface area contributed by atoms with Crippen molar-refractivity contribution >= 4 is 5.91 Å². The lowest BCUT2D eigenvalue weighted by atomic mass is 9.82. The van der Waals surface area contributed by atoms with E-state index in [9.17, 15) is 19.4 Å². The van der Waals surface area contributed by atoms with Gasteiger partial charge in [0, 0.05) is 6.54 Å². The maximum atomic E-state index is 12.8. The number of benzene rings is 1. The molecule has 0 bridgehead atoms. The summed E-state index contributed by atoms with van der Waals surface area (Å²) in [7, 11) is 0. The van der Waals surface area contributed by atoms with Crippen molar-refractivity contribution in [1.82, 2.24) is 5.32 Å². The molecule has 1 aromatic carbocycles. The topological polar surface area (TPSA) is 69.6 Å². The monoisotopic (exact) mass is 295 g/mol. The van der Waals surface area contributed by atoms with E-state index < -0.39 is 11.7 Å². The first-order chi connectivity index (χ1) is 9.98. The van der Waals surface area contributed by atoms with Gasteiger partial charge in [-0.15, -0.1) is 0 Å². The molecular weight excluding hydrogens is 273 g/mol. The van der Waals surface area contributed by atoms with Gasteiger partial charge in [0.05, 0.1) is 18.1 Å². The number of halogens is 1. The molecule has 21 heavy (non-hydrogen) atoms. The maximum Gasteiger partial charge on any atom is 0.222 e. The molecule has 5 heteroatoms. The highest BCUT2D eigenvalue weighted by Gasteiger charge is 2.31. The van der Waals surface area contributed by atoms with Crippen LogP contribution >= 0.6 is 0 Å². The van der Waals surface area contributed by atoms with Gasteiger partial charge in [-0.3, -0.25) is 4.79 Å². The third-order valence-electron chi connectivity index (χ3n) is 4.02. The van der Waals surface area contributed by atoms with E-state index in [2.05, 4.69) is 5.32 Å². The van der Waals surface area contributed by atoms with E-state index in [-0.39, 0.29) is 24.7 Å². The highest BCUT2D eigenvalue weighted by Crippen LogP contribution is 2.30. The number of nitrogens with one attached hydrogen (secondary N) is 1. The van der Waals surface area contributed by atoms with Crippen LogP contribution < -0.4 is 5.32 Å². The van der Waals surface area contributed by atoms with Crippen LogP contribution in [0.4, 0.5) is 4.39 Å².